The standard InChI is InChI=1S/C24H19NO3S/c26-23(27)14-20-16-29-24(25-20)19-12-10-17(11-13-19)15-28-22-9-5-4-8-21(22)18-6-2-1-3-7-18/h1-13,16H,14-15H2,(H,26,27)/p-1. The molecule has 1 aromatic heterocycles. The number of carboxylic acid groups (broad SMARTS) is 1. The van der Waals surface area contributed by atoms with E-state index in [0.717, 1.165) is 33.0 Å². The number of carbonyl (C=O) groups excluding carboxylic acids is 1. The maximum absolute atomic E-state index is 10.7. The molecule has 0 fully saturated rings. The van der Waals surface area contributed by atoms with E-state index in [9.17, 15) is 9.90 Å². The van der Waals surface area contributed by atoms with Gasteiger partial charge in [-0.2, -0.15) is 0 Å². The molecule has 0 saturated carbocycles. The van der Waals surface area contributed by atoms with Gasteiger partial charge in [0.25, 0.3) is 0 Å². The number of carbonyl (C=O) groups is 1. The van der Waals surface area contributed by atoms with E-state index < -0.39 is 5.97 Å². The van der Waals surface area contributed by atoms with Gasteiger partial charge in [0.1, 0.15) is 17.4 Å². The number of carboxylic acids is 1. The van der Waals surface area contributed by atoms with Gasteiger partial charge in [-0.1, -0.05) is 72.8 Å². The first kappa shape index (κ1) is 18.9. The highest BCUT2D eigenvalue weighted by atomic mass is 32.1. The summed E-state index contributed by atoms with van der Waals surface area (Å²) in [6.07, 6.45) is -0.163. The minimum absolute atomic E-state index is 0.163. The highest BCUT2D eigenvalue weighted by Gasteiger charge is 2.07. The number of rotatable bonds is 7. The number of thiazole rings is 1. The van der Waals surface area contributed by atoms with Crippen molar-refractivity contribution in [1.82, 2.24) is 4.98 Å². The van der Waals surface area contributed by atoms with Gasteiger partial charge in [0.05, 0.1) is 5.69 Å². The molecule has 0 unspecified atom stereocenters. The molecule has 0 spiro atoms. The number of hydrogen-bond acceptors (Lipinski definition) is 5. The predicted octanol–water partition coefficient (Wildman–Crippen LogP) is 4.35. The molecular formula is C24H18NO3S-. The smallest absolute Gasteiger partial charge is 0.127 e. The third-order valence-electron chi connectivity index (χ3n) is 4.44. The number of hydrogen-bond donors (Lipinski definition) is 0. The topological polar surface area (TPSA) is 62.2 Å². The monoisotopic (exact) mass is 400 g/mol. The van der Waals surface area contributed by atoms with E-state index in [0.29, 0.717) is 12.3 Å². The van der Waals surface area contributed by atoms with Gasteiger partial charge >= 0.3 is 0 Å². The summed E-state index contributed by atoms with van der Waals surface area (Å²) < 4.78 is 6.09. The van der Waals surface area contributed by atoms with Crippen molar-refractivity contribution in [1.29, 1.82) is 0 Å². The first-order valence-electron chi connectivity index (χ1n) is 9.20. The zero-order valence-electron chi connectivity index (χ0n) is 15.6. The molecule has 1 heterocycles. The van der Waals surface area contributed by atoms with Gasteiger partial charge in [-0.15, -0.1) is 11.3 Å². The molecule has 144 valence electrons. The molecule has 4 nitrogen and oxygen atoms in total. The van der Waals surface area contributed by atoms with Crippen LogP contribution in [0, 0.1) is 0 Å². The molecule has 0 atom stereocenters. The molecule has 3 aromatic carbocycles. The molecule has 0 amide bonds. The molecule has 0 bridgehead atoms. The zero-order valence-corrected chi connectivity index (χ0v) is 16.4. The van der Waals surface area contributed by atoms with Gasteiger partial charge in [0.15, 0.2) is 0 Å². The van der Waals surface area contributed by atoms with Crippen molar-refractivity contribution in [3.63, 3.8) is 0 Å². The largest absolute Gasteiger partial charge is 0.550 e. The highest BCUT2D eigenvalue weighted by molar-refractivity contribution is 7.13. The van der Waals surface area contributed by atoms with Gasteiger partial charge in [0.2, 0.25) is 0 Å². The van der Waals surface area contributed by atoms with Crippen molar-refractivity contribution >= 4 is 17.3 Å². The minimum atomic E-state index is -1.12. The first-order chi connectivity index (χ1) is 14.2. The van der Waals surface area contributed by atoms with Crippen LogP contribution in [0.3, 0.4) is 0 Å². The Morgan fingerprint density at radius 3 is 2.38 bits per heavy atom. The summed E-state index contributed by atoms with van der Waals surface area (Å²) >= 11 is 1.43. The van der Waals surface area contributed by atoms with Crippen LogP contribution in [0.4, 0.5) is 0 Å². The van der Waals surface area contributed by atoms with Crippen LogP contribution in [0.25, 0.3) is 21.7 Å². The quantitative estimate of drug-likeness (QED) is 0.463. The molecule has 5 heteroatoms. The molecule has 0 N–H and O–H groups in total. The van der Waals surface area contributed by atoms with Crippen molar-refractivity contribution in [2.75, 3.05) is 0 Å². The summed E-state index contributed by atoms with van der Waals surface area (Å²) in [5.41, 5.74) is 4.70. The van der Waals surface area contributed by atoms with Crippen molar-refractivity contribution in [3.05, 3.63) is 95.5 Å². The van der Waals surface area contributed by atoms with Gasteiger partial charge < -0.3 is 14.6 Å². The number of aliphatic carboxylic acids is 1. The summed E-state index contributed by atoms with van der Waals surface area (Å²) in [6, 6.07) is 26.1. The lowest BCUT2D eigenvalue weighted by molar-refractivity contribution is -0.304. The number of benzene rings is 3. The fourth-order valence-electron chi connectivity index (χ4n) is 3.02. The molecular weight excluding hydrogens is 382 g/mol. The average molecular weight is 400 g/mol. The molecule has 4 rings (SSSR count). The van der Waals surface area contributed by atoms with E-state index in [1.54, 1.807) is 5.38 Å². The lowest BCUT2D eigenvalue weighted by Crippen LogP contribution is -2.24. The van der Waals surface area contributed by atoms with Crippen LogP contribution < -0.4 is 9.84 Å². The lowest BCUT2D eigenvalue weighted by atomic mass is 10.0. The number of nitrogens with zero attached hydrogens (tertiary/aromatic N) is 1. The molecule has 0 aliphatic heterocycles. The number of para-hydroxylation sites is 1. The fraction of sp³-hybridized carbons (Fsp3) is 0.0833. The Labute approximate surface area is 173 Å². The van der Waals surface area contributed by atoms with E-state index >= 15 is 0 Å². The Morgan fingerprint density at radius 2 is 1.62 bits per heavy atom. The second-order valence-corrected chi connectivity index (χ2v) is 7.40. The van der Waals surface area contributed by atoms with Gasteiger partial charge in [-0.25, -0.2) is 4.98 Å². The highest BCUT2D eigenvalue weighted by Crippen LogP contribution is 2.30. The van der Waals surface area contributed by atoms with E-state index in [1.807, 2.05) is 60.7 Å². The lowest BCUT2D eigenvalue weighted by Gasteiger charge is -2.12. The summed E-state index contributed by atoms with van der Waals surface area (Å²) in [6.45, 7) is 0.456. The van der Waals surface area contributed by atoms with E-state index in [2.05, 4.69) is 23.2 Å². The second kappa shape index (κ2) is 8.71. The van der Waals surface area contributed by atoms with Gasteiger partial charge in [0, 0.05) is 28.9 Å². The van der Waals surface area contributed by atoms with E-state index in [-0.39, 0.29) is 6.42 Å². The Kier molecular flexibility index (Phi) is 5.68. The number of ether oxygens (including phenoxy) is 1. The molecule has 0 radical (unpaired) electrons. The van der Waals surface area contributed by atoms with Crippen molar-refractivity contribution in [3.8, 4) is 27.4 Å². The van der Waals surface area contributed by atoms with Crippen molar-refractivity contribution in [2.45, 2.75) is 13.0 Å². The van der Waals surface area contributed by atoms with Crippen LogP contribution in [-0.4, -0.2) is 11.0 Å². The van der Waals surface area contributed by atoms with Crippen molar-refractivity contribution in [2.24, 2.45) is 0 Å². The predicted molar refractivity (Wildman–Crippen MR) is 112 cm³/mol. The molecule has 29 heavy (non-hydrogen) atoms. The first-order valence-corrected chi connectivity index (χ1v) is 10.1. The van der Waals surface area contributed by atoms with Crippen LogP contribution in [0.1, 0.15) is 11.3 Å². The molecule has 4 aromatic rings. The van der Waals surface area contributed by atoms with E-state index in [4.69, 9.17) is 4.74 Å². The zero-order chi connectivity index (χ0) is 20.1. The average Bonchev–Trinajstić information content (AvgIpc) is 3.21. The maximum atomic E-state index is 10.7. The Balaban J connectivity index is 1.45. The van der Waals surface area contributed by atoms with E-state index in [1.165, 1.54) is 11.3 Å². The van der Waals surface area contributed by atoms with Crippen LogP contribution in [-0.2, 0) is 17.8 Å². The van der Waals surface area contributed by atoms with Gasteiger partial charge in [-0.3, -0.25) is 0 Å². The van der Waals surface area contributed by atoms with Crippen molar-refractivity contribution < 1.29 is 14.6 Å². The Morgan fingerprint density at radius 1 is 0.897 bits per heavy atom. The molecule has 0 aliphatic carbocycles. The molecule has 0 aliphatic rings. The number of aromatic nitrogens is 1. The minimum Gasteiger partial charge on any atom is -0.550 e. The van der Waals surface area contributed by atoms with Crippen LogP contribution in [0.2, 0.25) is 0 Å². The maximum Gasteiger partial charge on any atom is 0.127 e. The fourth-order valence-corrected chi connectivity index (χ4v) is 3.85. The summed E-state index contributed by atoms with van der Waals surface area (Å²) in [7, 11) is 0. The van der Waals surface area contributed by atoms with Crippen LogP contribution in [0.15, 0.2) is 84.2 Å². The Hall–Kier alpha value is -3.44. The SMILES string of the molecule is O=C([O-])Cc1csc(-c2ccc(COc3ccccc3-c3ccccc3)cc2)n1. The van der Waals surface area contributed by atoms with Crippen LogP contribution in [0.5, 0.6) is 5.75 Å². The summed E-state index contributed by atoms with van der Waals surface area (Å²) in [5.74, 6) is -0.278. The summed E-state index contributed by atoms with van der Waals surface area (Å²) in [4.78, 5) is 15.1. The van der Waals surface area contributed by atoms with Gasteiger partial charge in [-0.05, 0) is 17.2 Å². The summed E-state index contributed by atoms with van der Waals surface area (Å²) in [5, 5.41) is 13.2. The normalized spacial score (nSPS) is 10.6. The third kappa shape index (κ3) is 4.70. The third-order valence-corrected chi connectivity index (χ3v) is 5.38. The Bertz CT molecular complexity index is 1100. The second-order valence-electron chi connectivity index (χ2n) is 6.54. The van der Waals surface area contributed by atoms with Crippen LogP contribution >= 0.6 is 11.3 Å². The molecule has 0 saturated heterocycles.